The largest absolute Gasteiger partial charge is 0.469 e. The summed E-state index contributed by atoms with van der Waals surface area (Å²) >= 11 is 0. The fourth-order valence-corrected chi connectivity index (χ4v) is 5.51. The number of amides is 2. The highest BCUT2D eigenvalue weighted by molar-refractivity contribution is 5.77. The number of unbranched alkanes of at least 4 members (excludes halogenated alkanes) is 16. The van der Waals surface area contributed by atoms with E-state index in [1.54, 1.807) is 0 Å². The number of methoxy groups -OCH3 is 1. The Morgan fingerprint density at radius 2 is 1.02 bits per heavy atom. The van der Waals surface area contributed by atoms with Gasteiger partial charge in [0.25, 0.3) is 0 Å². The third kappa shape index (κ3) is 47.1. The lowest BCUT2D eigenvalue weighted by atomic mass is 10.0. The van der Waals surface area contributed by atoms with E-state index in [0.717, 1.165) is 44.0 Å². The Hall–Kier alpha value is -3.43. The molecule has 14 nitrogen and oxygen atoms in total. The van der Waals surface area contributed by atoms with Gasteiger partial charge in [0.1, 0.15) is 26.1 Å². The normalized spacial score (nSPS) is 10.4. The van der Waals surface area contributed by atoms with Crippen LogP contribution in [0.25, 0.3) is 0 Å². The van der Waals surface area contributed by atoms with Crippen molar-refractivity contribution in [2.75, 3.05) is 80.1 Å². The summed E-state index contributed by atoms with van der Waals surface area (Å²) in [5, 5.41) is 5.41. The van der Waals surface area contributed by atoms with Gasteiger partial charge >= 0.3 is 11.9 Å². The molecule has 1 rings (SSSR count). The lowest BCUT2D eigenvalue weighted by Crippen LogP contribution is -2.31. The summed E-state index contributed by atoms with van der Waals surface area (Å²) in [5.41, 5.74) is 5.42. The summed E-state index contributed by atoms with van der Waals surface area (Å²) < 4.78 is 30.8. The van der Waals surface area contributed by atoms with Gasteiger partial charge in [-0.25, -0.2) is 4.79 Å². The van der Waals surface area contributed by atoms with Crippen molar-refractivity contribution in [3.8, 4) is 0 Å². The molecule has 0 fully saturated rings. The molecule has 59 heavy (non-hydrogen) atoms. The first-order chi connectivity index (χ1) is 28.9. The third-order valence-electron chi connectivity index (χ3n) is 8.73. The number of nitrogens with two attached hydrogens (primary N) is 1. The van der Waals surface area contributed by atoms with Crippen LogP contribution in [-0.2, 0) is 59.0 Å². The average molecular weight is 840 g/mol. The van der Waals surface area contributed by atoms with Gasteiger partial charge in [-0.15, -0.1) is 0 Å². The summed E-state index contributed by atoms with van der Waals surface area (Å²) in [6.07, 6.45) is 24.4. The molecule has 0 radical (unpaired) electrons. The molecular weight excluding hydrogens is 759 g/mol. The molecule has 2 amide bonds. The maximum absolute atomic E-state index is 11.6. The number of ether oxygens (including phenoxy) is 6. The Morgan fingerprint density at radius 3 is 1.51 bits per heavy atom. The fraction of sp³-hybridized carbons (Fsp3) is 0.756. The van der Waals surface area contributed by atoms with Crippen molar-refractivity contribution in [1.82, 2.24) is 10.6 Å². The Kier molecular flexibility index (Phi) is 47.8. The predicted octanol–water partition coefficient (Wildman–Crippen LogP) is 6.78. The van der Waals surface area contributed by atoms with Gasteiger partial charge in [-0.2, -0.15) is 0 Å². The topological polar surface area (TPSA) is 191 Å². The van der Waals surface area contributed by atoms with Crippen LogP contribution >= 0.6 is 0 Å². The number of nitrogens with one attached hydrogen (secondary N) is 2. The number of hydrogen-bond donors (Lipinski definition) is 3. The number of carbonyl (C=O) groups is 5. The van der Waals surface area contributed by atoms with Gasteiger partial charge in [-0.1, -0.05) is 127 Å². The van der Waals surface area contributed by atoms with E-state index < -0.39 is 5.97 Å². The highest BCUT2D eigenvalue weighted by Gasteiger charge is 2.05. The predicted molar refractivity (Wildman–Crippen MR) is 232 cm³/mol. The van der Waals surface area contributed by atoms with Crippen LogP contribution in [0.4, 0.5) is 0 Å². The maximum Gasteiger partial charge on any atom is 0.332 e. The molecule has 0 atom stereocenters. The second-order valence-corrected chi connectivity index (χ2v) is 13.9. The van der Waals surface area contributed by atoms with Crippen molar-refractivity contribution in [3.63, 3.8) is 0 Å². The smallest absolute Gasteiger partial charge is 0.332 e. The highest BCUT2D eigenvalue weighted by atomic mass is 16.6. The van der Waals surface area contributed by atoms with E-state index in [4.69, 9.17) is 23.7 Å². The zero-order chi connectivity index (χ0) is 43.7. The molecular formula is C45H81N3O11. The first kappa shape index (κ1) is 57.7. The van der Waals surface area contributed by atoms with Crippen LogP contribution in [-0.4, -0.2) is 110 Å². The second-order valence-electron chi connectivity index (χ2n) is 13.9. The Labute approximate surface area is 356 Å². The number of hydrogen-bond acceptors (Lipinski definition) is 12. The molecule has 0 saturated carbocycles. The van der Waals surface area contributed by atoms with Crippen molar-refractivity contribution in [3.05, 3.63) is 35.9 Å². The van der Waals surface area contributed by atoms with Gasteiger partial charge in [-0.05, 0) is 31.9 Å². The molecule has 1 aromatic rings. The standard InChI is InChI=1S/C23H36N2O8.C21H40O3.CH5N/c1-2-6-21(26)24-9-11-29-13-15-31-18-22(27)25-10-12-30-14-16-32-19-23(28)33-17-20-7-4-3-5-8-20;1-24-21(23)19-17-15-13-11-9-7-5-3-2-4-6-8-10-12-14-16-18-20-22;1-2/h3-5,7-8H,2,6,9-19H2,1H3,(H,24,26)(H,25,27);20H,2-19H2,1H3;2H2,1H3. The van der Waals surface area contributed by atoms with E-state index in [0.29, 0.717) is 52.4 Å². The van der Waals surface area contributed by atoms with E-state index in [2.05, 4.69) is 21.1 Å². The Bertz CT molecular complexity index is 1100. The Morgan fingerprint density at radius 1 is 0.559 bits per heavy atom. The van der Waals surface area contributed by atoms with Crippen molar-refractivity contribution >= 4 is 30.0 Å². The van der Waals surface area contributed by atoms with Crippen molar-refractivity contribution < 1.29 is 52.4 Å². The maximum atomic E-state index is 11.6. The van der Waals surface area contributed by atoms with Gasteiger partial charge in [0.2, 0.25) is 11.8 Å². The summed E-state index contributed by atoms with van der Waals surface area (Å²) in [5.74, 6) is -0.740. The van der Waals surface area contributed by atoms with Crippen LogP contribution < -0.4 is 16.4 Å². The molecule has 0 saturated heterocycles. The summed E-state index contributed by atoms with van der Waals surface area (Å²) in [7, 11) is 2.96. The van der Waals surface area contributed by atoms with Crippen LogP contribution in [0.2, 0.25) is 0 Å². The molecule has 0 aromatic heterocycles. The first-order valence-electron chi connectivity index (χ1n) is 22.0. The minimum Gasteiger partial charge on any atom is -0.469 e. The lowest BCUT2D eigenvalue weighted by Gasteiger charge is -2.09. The van der Waals surface area contributed by atoms with Gasteiger partial charge in [0.15, 0.2) is 0 Å². The number of carbonyl (C=O) groups excluding carboxylic acids is 5. The minimum atomic E-state index is -0.435. The first-order valence-corrected chi connectivity index (χ1v) is 22.0. The van der Waals surface area contributed by atoms with E-state index in [1.165, 1.54) is 97.6 Å². The molecule has 0 aliphatic carbocycles. The number of benzene rings is 1. The average Bonchev–Trinajstić information content (AvgIpc) is 3.25. The molecule has 14 heteroatoms. The van der Waals surface area contributed by atoms with Gasteiger partial charge in [0, 0.05) is 32.4 Å². The zero-order valence-electron chi connectivity index (χ0n) is 37.0. The molecule has 0 spiro atoms. The minimum absolute atomic E-state index is 0.0183. The molecule has 0 aliphatic heterocycles. The fourth-order valence-electron chi connectivity index (χ4n) is 5.51. The SMILES string of the molecule is CCCC(=O)NCCOCCOCC(=O)NCCOCCOCC(=O)OCc1ccccc1.CN.COC(=O)CCCCCCCCCCCCCCCCCCC=O. The molecule has 0 heterocycles. The van der Waals surface area contributed by atoms with Crippen molar-refractivity contribution in [1.29, 1.82) is 0 Å². The molecule has 342 valence electrons. The van der Waals surface area contributed by atoms with Crippen LogP contribution in [0, 0.1) is 0 Å². The van der Waals surface area contributed by atoms with Gasteiger partial charge in [0.05, 0.1) is 46.8 Å². The molecule has 1 aromatic carbocycles. The molecule has 0 unspecified atom stereocenters. The summed E-state index contributed by atoms with van der Waals surface area (Å²) in [6.45, 7) is 4.68. The lowest BCUT2D eigenvalue weighted by molar-refractivity contribution is -0.150. The van der Waals surface area contributed by atoms with Gasteiger partial charge in [-0.3, -0.25) is 14.4 Å². The molecule has 4 N–H and O–H groups in total. The van der Waals surface area contributed by atoms with E-state index >= 15 is 0 Å². The number of rotatable bonds is 39. The monoisotopic (exact) mass is 840 g/mol. The zero-order valence-corrected chi connectivity index (χ0v) is 37.0. The number of esters is 2. The number of aldehydes is 1. The van der Waals surface area contributed by atoms with E-state index in [9.17, 15) is 24.0 Å². The molecule has 0 aliphatic rings. The quantitative estimate of drug-likeness (QED) is 0.0358. The summed E-state index contributed by atoms with van der Waals surface area (Å²) in [6, 6.07) is 9.40. The van der Waals surface area contributed by atoms with Crippen LogP contribution in [0.15, 0.2) is 30.3 Å². The molecule has 0 bridgehead atoms. The highest BCUT2D eigenvalue weighted by Crippen LogP contribution is 2.14. The summed E-state index contributed by atoms with van der Waals surface area (Å²) in [4.78, 5) is 55.6. The van der Waals surface area contributed by atoms with Crippen molar-refractivity contribution in [2.24, 2.45) is 5.73 Å². The Balaban J connectivity index is 0. The second kappa shape index (κ2) is 48.9. The van der Waals surface area contributed by atoms with Crippen LogP contribution in [0.3, 0.4) is 0 Å². The van der Waals surface area contributed by atoms with E-state index in [1.807, 2.05) is 37.3 Å². The van der Waals surface area contributed by atoms with E-state index in [-0.39, 0.29) is 50.8 Å². The van der Waals surface area contributed by atoms with Crippen LogP contribution in [0.5, 0.6) is 0 Å². The van der Waals surface area contributed by atoms with Crippen molar-refractivity contribution in [2.45, 2.75) is 142 Å². The third-order valence-corrected chi connectivity index (χ3v) is 8.73. The van der Waals surface area contributed by atoms with Crippen LogP contribution in [0.1, 0.15) is 141 Å². The van der Waals surface area contributed by atoms with Gasteiger partial charge < -0.3 is 49.6 Å².